The van der Waals surface area contributed by atoms with Crippen molar-refractivity contribution in [2.75, 3.05) is 0 Å². The van der Waals surface area contributed by atoms with E-state index in [0.29, 0.717) is 0 Å². The second-order valence-electron chi connectivity index (χ2n) is 4.95. The predicted molar refractivity (Wildman–Crippen MR) is 75.3 cm³/mol. The number of hydrogen-bond donors (Lipinski definition) is 0. The summed E-state index contributed by atoms with van der Waals surface area (Å²) in [5, 5.41) is 0. The first-order chi connectivity index (χ1) is 7.24. The van der Waals surface area contributed by atoms with E-state index in [-0.39, 0.29) is 0 Å². The summed E-state index contributed by atoms with van der Waals surface area (Å²) in [4.78, 5) is 0. The van der Waals surface area contributed by atoms with Gasteiger partial charge in [-0.2, -0.15) is 0 Å². The fourth-order valence-corrected chi connectivity index (χ4v) is 17.6. The predicted octanol–water partition coefficient (Wildman–Crippen LogP) is 5.63. The van der Waals surface area contributed by atoms with Crippen LogP contribution in [-0.4, -0.2) is 18.4 Å². The number of unbranched alkanes of at least 4 members (excludes halogenated alkanes) is 2. The summed E-state index contributed by atoms with van der Waals surface area (Å²) in [6.45, 7) is 11.0. The van der Waals surface area contributed by atoms with Gasteiger partial charge in [0.2, 0.25) is 0 Å². The molecule has 0 saturated carbocycles. The Kier molecular flexibility index (Phi) is 10.1. The standard InChI is InChI=1S/2C4H9.C3H7.C3H5.Sn/c2*1-3-4-2;2*1-3-2;/h2*1,3-4H2,2H3;1,3H2,2H3;3H,1-2H2;. The minimum absolute atomic E-state index is 1.38. The summed E-state index contributed by atoms with van der Waals surface area (Å²) in [6.07, 6.45) is 9.37. The van der Waals surface area contributed by atoms with Crippen molar-refractivity contribution in [1.82, 2.24) is 0 Å². The van der Waals surface area contributed by atoms with Crippen molar-refractivity contribution < 1.29 is 0 Å². The molecule has 1 heteroatoms. The number of rotatable bonds is 10. The second-order valence-corrected chi connectivity index (χ2v) is 19.0. The molecule has 0 rings (SSSR count). The van der Waals surface area contributed by atoms with Gasteiger partial charge in [-0.05, 0) is 0 Å². The first kappa shape index (κ1) is 15.5. The molecule has 90 valence electrons. The Balaban J connectivity index is 4.32. The quantitative estimate of drug-likeness (QED) is 0.362. The third kappa shape index (κ3) is 6.65. The summed E-state index contributed by atoms with van der Waals surface area (Å²) < 4.78 is 6.26. The maximum absolute atomic E-state index is 4.00. The molecule has 0 aliphatic carbocycles. The fourth-order valence-electron chi connectivity index (χ4n) is 2.62. The van der Waals surface area contributed by atoms with Crippen LogP contribution in [0.4, 0.5) is 0 Å². The molecule has 0 aliphatic rings. The molecule has 0 aromatic heterocycles. The Hall–Kier alpha value is 0.539. The van der Waals surface area contributed by atoms with Crippen LogP contribution >= 0.6 is 0 Å². The second kappa shape index (κ2) is 9.74. The molecule has 0 heterocycles. The molecule has 0 spiro atoms. The van der Waals surface area contributed by atoms with Gasteiger partial charge in [0.15, 0.2) is 0 Å². The van der Waals surface area contributed by atoms with Crippen molar-refractivity contribution in [2.45, 2.75) is 70.6 Å². The van der Waals surface area contributed by atoms with Gasteiger partial charge < -0.3 is 0 Å². The van der Waals surface area contributed by atoms with Crippen LogP contribution in [0, 0.1) is 0 Å². The van der Waals surface area contributed by atoms with E-state index in [9.17, 15) is 0 Å². The van der Waals surface area contributed by atoms with Gasteiger partial charge in [-0.15, -0.1) is 0 Å². The van der Waals surface area contributed by atoms with E-state index in [0.717, 1.165) is 0 Å². The molecular formula is C14H30Sn. The first-order valence-electron chi connectivity index (χ1n) is 6.85. The van der Waals surface area contributed by atoms with Crippen LogP contribution in [0.5, 0.6) is 0 Å². The van der Waals surface area contributed by atoms with Gasteiger partial charge in [0.05, 0.1) is 0 Å². The van der Waals surface area contributed by atoms with Gasteiger partial charge in [0, 0.05) is 0 Å². The Labute approximate surface area is 101 Å². The molecule has 0 fully saturated rings. The Morgan fingerprint density at radius 2 is 1.40 bits per heavy atom. The monoisotopic (exact) mass is 318 g/mol. The Morgan fingerprint density at radius 1 is 0.867 bits per heavy atom. The number of hydrogen-bond acceptors (Lipinski definition) is 0. The van der Waals surface area contributed by atoms with Crippen LogP contribution < -0.4 is 0 Å². The molecule has 0 N–H and O–H groups in total. The molecule has 0 bridgehead atoms. The molecule has 0 nitrogen and oxygen atoms in total. The Bertz CT molecular complexity index is 143. The van der Waals surface area contributed by atoms with Gasteiger partial charge in [0.1, 0.15) is 0 Å². The van der Waals surface area contributed by atoms with E-state index in [4.69, 9.17) is 0 Å². The van der Waals surface area contributed by atoms with E-state index in [1.807, 2.05) is 0 Å². The van der Waals surface area contributed by atoms with E-state index in [2.05, 4.69) is 33.4 Å². The zero-order valence-electron chi connectivity index (χ0n) is 11.1. The SMILES string of the molecule is C=C[CH2][Sn]([CH2]CC)([CH2]CCC)[CH2]CCC. The van der Waals surface area contributed by atoms with Crippen LogP contribution in [0.2, 0.25) is 17.7 Å². The van der Waals surface area contributed by atoms with Gasteiger partial charge >= 0.3 is 102 Å². The van der Waals surface area contributed by atoms with Crippen molar-refractivity contribution in [2.24, 2.45) is 0 Å². The van der Waals surface area contributed by atoms with Gasteiger partial charge in [-0.25, -0.2) is 0 Å². The van der Waals surface area contributed by atoms with Crippen LogP contribution in [0.3, 0.4) is 0 Å². The van der Waals surface area contributed by atoms with Gasteiger partial charge in [-0.1, -0.05) is 0 Å². The van der Waals surface area contributed by atoms with Crippen molar-refractivity contribution in [3.63, 3.8) is 0 Å². The van der Waals surface area contributed by atoms with Crippen LogP contribution in [-0.2, 0) is 0 Å². The molecule has 0 saturated heterocycles. The number of allylic oxidation sites excluding steroid dienone is 1. The van der Waals surface area contributed by atoms with Gasteiger partial charge in [-0.3, -0.25) is 0 Å². The molecule has 0 radical (unpaired) electrons. The van der Waals surface area contributed by atoms with Crippen LogP contribution in [0.15, 0.2) is 12.7 Å². The van der Waals surface area contributed by atoms with E-state index < -0.39 is 18.4 Å². The van der Waals surface area contributed by atoms with E-state index in [1.165, 1.54) is 36.5 Å². The van der Waals surface area contributed by atoms with Crippen LogP contribution in [0.25, 0.3) is 0 Å². The zero-order valence-corrected chi connectivity index (χ0v) is 14.0. The fraction of sp³-hybridized carbons (Fsp3) is 0.857. The molecule has 0 aliphatic heterocycles. The van der Waals surface area contributed by atoms with Crippen molar-refractivity contribution in [3.8, 4) is 0 Å². The van der Waals surface area contributed by atoms with Crippen LogP contribution in [0.1, 0.15) is 52.9 Å². The molecule has 0 aromatic rings. The average Bonchev–Trinajstić information content (AvgIpc) is 2.24. The summed E-state index contributed by atoms with van der Waals surface area (Å²) in [5.74, 6) is 0. The Morgan fingerprint density at radius 3 is 1.73 bits per heavy atom. The van der Waals surface area contributed by atoms with Gasteiger partial charge in [0.25, 0.3) is 0 Å². The van der Waals surface area contributed by atoms with Crippen molar-refractivity contribution in [3.05, 3.63) is 12.7 Å². The molecule has 0 aromatic carbocycles. The molecule has 0 unspecified atom stereocenters. The first-order valence-corrected chi connectivity index (χ1v) is 14.9. The summed E-state index contributed by atoms with van der Waals surface area (Å²) in [7, 11) is 0. The van der Waals surface area contributed by atoms with Crippen molar-refractivity contribution >= 4 is 18.4 Å². The minimum atomic E-state index is -1.74. The third-order valence-corrected chi connectivity index (χ3v) is 19.3. The van der Waals surface area contributed by atoms with E-state index in [1.54, 1.807) is 13.3 Å². The topological polar surface area (TPSA) is 0 Å². The maximum atomic E-state index is 4.00. The average molecular weight is 317 g/mol. The summed E-state index contributed by atoms with van der Waals surface area (Å²) in [6, 6.07) is 0. The summed E-state index contributed by atoms with van der Waals surface area (Å²) >= 11 is -1.74. The molecular weight excluding hydrogens is 287 g/mol. The molecule has 0 amide bonds. The van der Waals surface area contributed by atoms with Crippen molar-refractivity contribution in [1.29, 1.82) is 0 Å². The molecule has 15 heavy (non-hydrogen) atoms. The molecule has 0 atom stereocenters. The zero-order chi connectivity index (χ0) is 11.6. The normalized spacial score (nSPS) is 11.7. The third-order valence-electron chi connectivity index (χ3n) is 3.48. The van der Waals surface area contributed by atoms with E-state index >= 15 is 0 Å². The summed E-state index contributed by atoms with van der Waals surface area (Å²) in [5.41, 5.74) is 0.